The summed E-state index contributed by atoms with van der Waals surface area (Å²) in [5.41, 5.74) is 1.22. The zero-order valence-corrected chi connectivity index (χ0v) is 12.6. The Balaban J connectivity index is 2.81. The number of ether oxygens (including phenoxy) is 2. The molecule has 0 aliphatic heterocycles. The summed E-state index contributed by atoms with van der Waals surface area (Å²) in [4.78, 5) is 0. The number of nitrogens with one attached hydrogen (secondary N) is 1. The molecule has 0 saturated heterocycles. The molecule has 1 rings (SSSR count). The highest BCUT2D eigenvalue weighted by Gasteiger charge is 2.15. The van der Waals surface area contributed by atoms with Crippen molar-refractivity contribution in [3.63, 3.8) is 0 Å². The van der Waals surface area contributed by atoms with E-state index in [1.807, 2.05) is 19.1 Å². The summed E-state index contributed by atoms with van der Waals surface area (Å²) < 4.78 is 11.4. The molecule has 0 aromatic heterocycles. The third kappa shape index (κ3) is 5.62. The number of hydrogen-bond donors (Lipinski definition) is 1. The van der Waals surface area contributed by atoms with Crippen LogP contribution >= 0.6 is 0 Å². The largest absolute Gasteiger partial charge is 0.491 e. The lowest BCUT2D eigenvalue weighted by molar-refractivity contribution is 0.136. The van der Waals surface area contributed by atoms with Gasteiger partial charge in [0.1, 0.15) is 5.75 Å². The van der Waals surface area contributed by atoms with E-state index in [9.17, 15) is 0 Å². The molecule has 1 N–H and O–H groups in total. The Hall–Kier alpha value is -1.06. The lowest BCUT2D eigenvalue weighted by Crippen LogP contribution is -2.23. The summed E-state index contributed by atoms with van der Waals surface area (Å²) in [6.07, 6.45) is 1.15. The van der Waals surface area contributed by atoms with E-state index in [-0.39, 0.29) is 12.1 Å². The minimum atomic E-state index is 0.190. The highest BCUT2D eigenvalue weighted by molar-refractivity contribution is 5.36. The van der Waals surface area contributed by atoms with Crippen molar-refractivity contribution in [2.24, 2.45) is 0 Å². The SMILES string of the molecule is CCNC(CCOCC)c1ccccc1OC(C)C. The monoisotopic (exact) mass is 265 g/mol. The third-order valence-electron chi connectivity index (χ3n) is 2.86. The van der Waals surface area contributed by atoms with Crippen molar-refractivity contribution >= 4 is 0 Å². The molecule has 1 aromatic rings. The fourth-order valence-electron chi connectivity index (χ4n) is 2.09. The molecular formula is C16H27NO2. The molecule has 1 unspecified atom stereocenters. The average molecular weight is 265 g/mol. The van der Waals surface area contributed by atoms with Crippen molar-refractivity contribution in [2.75, 3.05) is 19.8 Å². The van der Waals surface area contributed by atoms with E-state index in [1.54, 1.807) is 0 Å². The second-order valence-corrected chi connectivity index (χ2v) is 4.80. The Morgan fingerprint density at radius 1 is 1.16 bits per heavy atom. The van der Waals surface area contributed by atoms with Gasteiger partial charge >= 0.3 is 0 Å². The Kier molecular flexibility index (Phi) is 7.53. The van der Waals surface area contributed by atoms with Gasteiger partial charge in [0.05, 0.1) is 6.10 Å². The summed E-state index contributed by atoms with van der Waals surface area (Å²) >= 11 is 0. The van der Waals surface area contributed by atoms with Crippen LogP contribution in [-0.2, 0) is 4.74 Å². The number of para-hydroxylation sites is 1. The minimum Gasteiger partial charge on any atom is -0.491 e. The molecule has 0 heterocycles. The van der Waals surface area contributed by atoms with E-state index >= 15 is 0 Å². The van der Waals surface area contributed by atoms with E-state index in [1.165, 1.54) is 5.56 Å². The maximum absolute atomic E-state index is 5.90. The van der Waals surface area contributed by atoms with E-state index < -0.39 is 0 Å². The van der Waals surface area contributed by atoms with Crippen LogP contribution in [0.15, 0.2) is 24.3 Å². The lowest BCUT2D eigenvalue weighted by atomic mass is 10.0. The predicted molar refractivity (Wildman–Crippen MR) is 79.7 cm³/mol. The van der Waals surface area contributed by atoms with Gasteiger partial charge in [0.2, 0.25) is 0 Å². The fraction of sp³-hybridized carbons (Fsp3) is 0.625. The first-order valence-electron chi connectivity index (χ1n) is 7.25. The molecule has 0 aliphatic carbocycles. The van der Waals surface area contributed by atoms with Gasteiger partial charge in [0.25, 0.3) is 0 Å². The number of rotatable bonds is 9. The van der Waals surface area contributed by atoms with Crippen LogP contribution in [0.3, 0.4) is 0 Å². The van der Waals surface area contributed by atoms with Crippen molar-refractivity contribution in [2.45, 2.75) is 46.3 Å². The molecule has 0 aliphatic rings. The van der Waals surface area contributed by atoms with Crippen molar-refractivity contribution < 1.29 is 9.47 Å². The number of hydrogen-bond acceptors (Lipinski definition) is 3. The molecule has 108 valence electrons. The smallest absolute Gasteiger partial charge is 0.124 e. The van der Waals surface area contributed by atoms with E-state index in [2.05, 4.69) is 38.2 Å². The van der Waals surface area contributed by atoms with Gasteiger partial charge in [-0.3, -0.25) is 0 Å². The summed E-state index contributed by atoms with van der Waals surface area (Å²) in [5, 5.41) is 3.51. The molecule has 0 fully saturated rings. The molecular weight excluding hydrogens is 238 g/mol. The topological polar surface area (TPSA) is 30.5 Å². The summed E-state index contributed by atoms with van der Waals surface area (Å²) in [5.74, 6) is 0.972. The lowest BCUT2D eigenvalue weighted by Gasteiger charge is -2.22. The summed E-state index contributed by atoms with van der Waals surface area (Å²) in [6, 6.07) is 8.55. The summed E-state index contributed by atoms with van der Waals surface area (Å²) in [6.45, 7) is 10.7. The highest BCUT2D eigenvalue weighted by atomic mass is 16.5. The molecule has 1 aromatic carbocycles. The normalized spacial score (nSPS) is 12.7. The first kappa shape index (κ1) is 16.0. The highest BCUT2D eigenvalue weighted by Crippen LogP contribution is 2.28. The maximum Gasteiger partial charge on any atom is 0.124 e. The van der Waals surface area contributed by atoms with Crippen molar-refractivity contribution in [3.05, 3.63) is 29.8 Å². The van der Waals surface area contributed by atoms with Gasteiger partial charge in [0, 0.05) is 24.8 Å². The Labute approximate surface area is 117 Å². The van der Waals surface area contributed by atoms with Gasteiger partial charge in [-0.1, -0.05) is 25.1 Å². The van der Waals surface area contributed by atoms with Gasteiger partial charge in [-0.15, -0.1) is 0 Å². The average Bonchev–Trinajstić information content (AvgIpc) is 2.38. The van der Waals surface area contributed by atoms with Crippen LogP contribution in [0.5, 0.6) is 5.75 Å². The first-order valence-corrected chi connectivity index (χ1v) is 7.25. The minimum absolute atomic E-state index is 0.190. The van der Waals surface area contributed by atoms with Gasteiger partial charge in [-0.25, -0.2) is 0 Å². The summed E-state index contributed by atoms with van der Waals surface area (Å²) in [7, 11) is 0. The van der Waals surface area contributed by atoms with Gasteiger partial charge < -0.3 is 14.8 Å². The van der Waals surface area contributed by atoms with Gasteiger partial charge in [0.15, 0.2) is 0 Å². The Bertz CT molecular complexity index is 352. The maximum atomic E-state index is 5.90. The molecule has 3 heteroatoms. The van der Waals surface area contributed by atoms with Crippen LogP contribution in [0.4, 0.5) is 0 Å². The van der Waals surface area contributed by atoms with Crippen LogP contribution in [0.25, 0.3) is 0 Å². The van der Waals surface area contributed by atoms with E-state index in [4.69, 9.17) is 9.47 Å². The molecule has 0 bridgehead atoms. The molecule has 1 atom stereocenters. The van der Waals surface area contributed by atoms with Gasteiger partial charge in [-0.2, -0.15) is 0 Å². The molecule has 0 amide bonds. The third-order valence-corrected chi connectivity index (χ3v) is 2.86. The van der Waals surface area contributed by atoms with E-state index in [0.717, 1.165) is 31.9 Å². The fourth-order valence-corrected chi connectivity index (χ4v) is 2.09. The predicted octanol–water partition coefficient (Wildman–Crippen LogP) is 3.55. The second kappa shape index (κ2) is 8.94. The molecule has 0 radical (unpaired) electrons. The Morgan fingerprint density at radius 2 is 1.89 bits per heavy atom. The van der Waals surface area contributed by atoms with Crippen LogP contribution in [0.1, 0.15) is 45.7 Å². The van der Waals surface area contributed by atoms with Crippen molar-refractivity contribution in [1.82, 2.24) is 5.32 Å². The Morgan fingerprint density at radius 3 is 2.53 bits per heavy atom. The van der Waals surface area contributed by atoms with Crippen molar-refractivity contribution in [1.29, 1.82) is 0 Å². The van der Waals surface area contributed by atoms with Crippen LogP contribution in [-0.4, -0.2) is 25.9 Å². The van der Waals surface area contributed by atoms with E-state index in [0.29, 0.717) is 0 Å². The molecule has 3 nitrogen and oxygen atoms in total. The first-order chi connectivity index (χ1) is 9.19. The van der Waals surface area contributed by atoms with Crippen LogP contribution in [0, 0.1) is 0 Å². The van der Waals surface area contributed by atoms with Crippen LogP contribution < -0.4 is 10.1 Å². The molecule has 19 heavy (non-hydrogen) atoms. The quantitative estimate of drug-likeness (QED) is 0.693. The van der Waals surface area contributed by atoms with Crippen LogP contribution in [0.2, 0.25) is 0 Å². The zero-order valence-electron chi connectivity index (χ0n) is 12.6. The van der Waals surface area contributed by atoms with Gasteiger partial charge in [-0.05, 0) is 39.8 Å². The van der Waals surface area contributed by atoms with Crippen molar-refractivity contribution in [3.8, 4) is 5.75 Å². The standard InChI is InChI=1S/C16H27NO2/c1-5-17-15(11-12-18-6-2)14-9-7-8-10-16(14)19-13(3)4/h7-10,13,15,17H,5-6,11-12H2,1-4H3. The second-order valence-electron chi connectivity index (χ2n) is 4.80. The molecule has 0 saturated carbocycles. The molecule has 0 spiro atoms. The zero-order chi connectivity index (χ0) is 14.1. The number of benzene rings is 1.